The Morgan fingerprint density at radius 2 is 1.81 bits per heavy atom. The Morgan fingerprint density at radius 3 is 2.24 bits per heavy atom. The van der Waals surface area contributed by atoms with E-state index in [1.165, 1.54) is 0 Å². The first-order valence-electron chi connectivity index (χ1n) is 7.54. The summed E-state index contributed by atoms with van der Waals surface area (Å²) in [5.41, 5.74) is 8.68. The Balaban J connectivity index is 1.99. The van der Waals surface area contributed by atoms with Crippen molar-refractivity contribution in [1.29, 1.82) is 0 Å². The molecule has 118 valence electrons. The van der Waals surface area contributed by atoms with Crippen molar-refractivity contribution in [3.8, 4) is 0 Å². The van der Waals surface area contributed by atoms with Crippen LogP contribution in [0.5, 0.6) is 0 Å². The highest BCUT2D eigenvalue weighted by molar-refractivity contribution is 7.91. The number of rotatable bonds is 2. The number of aromatic nitrogens is 2. The third-order valence-corrected chi connectivity index (χ3v) is 7.83. The maximum atomic E-state index is 11.7. The minimum absolute atomic E-state index is 0.104. The molecule has 2 fully saturated rings. The molecule has 1 unspecified atom stereocenters. The van der Waals surface area contributed by atoms with Crippen molar-refractivity contribution in [3.05, 3.63) is 11.3 Å². The molecule has 2 aliphatic rings. The molecule has 1 aliphatic heterocycles. The zero-order valence-corrected chi connectivity index (χ0v) is 14.3. The summed E-state index contributed by atoms with van der Waals surface area (Å²) in [6.45, 7) is 11.0. The van der Waals surface area contributed by atoms with Crippen LogP contribution in [0.4, 0.5) is 5.82 Å². The summed E-state index contributed by atoms with van der Waals surface area (Å²) in [6, 6.07) is -0.104. The van der Waals surface area contributed by atoms with E-state index in [2.05, 4.69) is 27.7 Å². The van der Waals surface area contributed by atoms with Gasteiger partial charge < -0.3 is 5.73 Å². The van der Waals surface area contributed by atoms with Gasteiger partial charge in [0.15, 0.2) is 9.84 Å². The minimum Gasteiger partial charge on any atom is -0.384 e. The van der Waals surface area contributed by atoms with Gasteiger partial charge in [0.1, 0.15) is 5.82 Å². The van der Waals surface area contributed by atoms with Crippen LogP contribution in [0, 0.1) is 17.8 Å². The largest absolute Gasteiger partial charge is 0.384 e. The highest BCUT2D eigenvalue weighted by Crippen LogP contribution is 2.73. The quantitative estimate of drug-likeness (QED) is 0.909. The normalized spacial score (nSPS) is 29.7. The summed E-state index contributed by atoms with van der Waals surface area (Å²) in [6.07, 6.45) is 0.616. The molecule has 2 heterocycles. The molecule has 1 aliphatic carbocycles. The van der Waals surface area contributed by atoms with Gasteiger partial charge in [0, 0.05) is 11.5 Å². The molecule has 0 amide bonds. The zero-order valence-electron chi connectivity index (χ0n) is 13.5. The van der Waals surface area contributed by atoms with E-state index < -0.39 is 9.84 Å². The first-order chi connectivity index (χ1) is 9.49. The van der Waals surface area contributed by atoms with E-state index in [0.29, 0.717) is 18.2 Å². The summed E-state index contributed by atoms with van der Waals surface area (Å²) in [5.74, 6) is 1.42. The van der Waals surface area contributed by atoms with Crippen LogP contribution >= 0.6 is 0 Å². The molecule has 1 atom stereocenters. The first kappa shape index (κ1) is 14.9. The predicted molar refractivity (Wildman–Crippen MR) is 84.0 cm³/mol. The highest BCUT2D eigenvalue weighted by atomic mass is 32.2. The van der Waals surface area contributed by atoms with Crippen molar-refractivity contribution in [2.75, 3.05) is 17.2 Å². The van der Waals surface area contributed by atoms with E-state index in [1.807, 2.05) is 6.92 Å². The van der Waals surface area contributed by atoms with Gasteiger partial charge in [0.25, 0.3) is 0 Å². The fraction of sp³-hybridized carbons (Fsp3) is 0.800. The molecule has 0 radical (unpaired) electrons. The molecule has 1 saturated carbocycles. The van der Waals surface area contributed by atoms with Gasteiger partial charge in [-0.15, -0.1) is 0 Å². The predicted octanol–water partition coefficient (Wildman–Crippen LogP) is 2.28. The fourth-order valence-corrected chi connectivity index (χ4v) is 5.64. The molecule has 0 bridgehead atoms. The summed E-state index contributed by atoms with van der Waals surface area (Å²) in [5, 5.41) is 4.74. The van der Waals surface area contributed by atoms with Gasteiger partial charge in [0.2, 0.25) is 0 Å². The standard InChI is InChI=1S/C15H25N3O2S/c1-9-11(12-14(2,3)15(12,4)5)17-18(13(9)16)10-6-7-21(19,20)8-10/h10,12H,6-8,16H2,1-5H3. The van der Waals surface area contributed by atoms with E-state index in [1.54, 1.807) is 4.68 Å². The maximum absolute atomic E-state index is 11.7. The number of hydrogen-bond acceptors (Lipinski definition) is 4. The molecular formula is C15H25N3O2S. The van der Waals surface area contributed by atoms with E-state index in [9.17, 15) is 8.42 Å². The van der Waals surface area contributed by atoms with Gasteiger partial charge >= 0.3 is 0 Å². The average molecular weight is 311 g/mol. The second-order valence-electron chi connectivity index (χ2n) is 7.77. The Kier molecular flexibility index (Phi) is 2.85. The Morgan fingerprint density at radius 1 is 1.24 bits per heavy atom. The Bertz CT molecular complexity index is 687. The molecule has 1 aromatic heterocycles. The molecule has 1 saturated heterocycles. The molecule has 21 heavy (non-hydrogen) atoms. The lowest BCUT2D eigenvalue weighted by Crippen LogP contribution is -2.15. The van der Waals surface area contributed by atoms with Crippen LogP contribution in [0.2, 0.25) is 0 Å². The summed E-state index contributed by atoms with van der Waals surface area (Å²) < 4.78 is 25.1. The van der Waals surface area contributed by atoms with Crippen LogP contribution in [-0.2, 0) is 9.84 Å². The molecule has 5 nitrogen and oxygen atoms in total. The molecular weight excluding hydrogens is 286 g/mol. The lowest BCUT2D eigenvalue weighted by atomic mass is 10.0. The number of sulfone groups is 1. The molecule has 0 spiro atoms. The van der Waals surface area contributed by atoms with Crippen molar-refractivity contribution < 1.29 is 8.42 Å². The molecule has 2 N–H and O–H groups in total. The topological polar surface area (TPSA) is 78.0 Å². The van der Waals surface area contributed by atoms with Crippen molar-refractivity contribution in [3.63, 3.8) is 0 Å². The van der Waals surface area contributed by atoms with Gasteiger partial charge in [-0.1, -0.05) is 27.7 Å². The van der Waals surface area contributed by atoms with Crippen LogP contribution in [0.15, 0.2) is 0 Å². The number of anilines is 1. The van der Waals surface area contributed by atoms with Crippen LogP contribution < -0.4 is 5.73 Å². The van der Waals surface area contributed by atoms with Crippen molar-refractivity contribution in [2.45, 2.75) is 53.0 Å². The third-order valence-electron chi connectivity index (χ3n) is 6.08. The van der Waals surface area contributed by atoms with Crippen LogP contribution in [-0.4, -0.2) is 29.7 Å². The number of nitrogens with zero attached hydrogens (tertiary/aromatic N) is 2. The SMILES string of the molecule is Cc1c(C2C(C)(C)C2(C)C)nn(C2CCS(=O)(=O)C2)c1N. The highest BCUT2D eigenvalue weighted by Gasteiger charge is 2.66. The summed E-state index contributed by atoms with van der Waals surface area (Å²) >= 11 is 0. The minimum atomic E-state index is -2.93. The molecule has 3 rings (SSSR count). The Hall–Kier alpha value is -1.04. The van der Waals surface area contributed by atoms with Crippen molar-refractivity contribution in [2.24, 2.45) is 10.8 Å². The van der Waals surface area contributed by atoms with Crippen molar-refractivity contribution in [1.82, 2.24) is 9.78 Å². The van der Waals surface area contributed by atoms with Gasteiger partial charge in [0.05, 0.1) is 23.2 Å². The van der Waals surface area contributed by atoms with Crippen LogP contribution in [0.25, 0.3) is 0 Å². The van der Waals surface area contributed by atoms with Gasteiger partial charge in [-0.3, -0.25) is 0 Å². The molecule has 1 aromatic rings. The van der Waals surface area contributed by atoms with E-state index in [4.69, 9.17) is 10.8 Å². The molecule has 0 aromatic carbocycles. The lowest BCUT2D eigenvalue weighted by Gasteiger charge is -2.10. The van der Waals surface area contributed by atoms with Gasteiger partial charge in [-0.25, -0.2) is 13.1 Å². The van der Waals surface area contributed by atoms with E-state index in [-0.39, 0.29) is 28.4 Å². The van der Waals surface area contributed by atoms with Gasteiger partial charge in [-0.2, -0.15) is 5.10 Å². The Labute approximate surface area is 126 Å². The summed E-state index contributed by atoms with van der Waals surface area (Å²) in [7, 11) is -2.93. The smallest absolute Gasteiger partial charge is 0.152 e. The number of hydrogen-bond donors (Lipinski definition) is 1. The average Bonchev–Trinajstić information content (AvgIpc) is 2.69. The third kappa shape index (κ3) is 1.94. The molecule has 6 heteroatoms. The number of nitrogens with two attached hydrogens (primary N) is 1. The van der Waals surface area contributed by atoms with E-state index >= 15 is 0 Å². The lowest BCUT2D eigenvalue weighted by molar-refractivity contribution is 0.457. The second-order valence-corrected chi connectivity index (χ2v) is 10.0. The number of nitrogen functional groups attached to an aromatic ring is 1. The maximum Gasteiger partial charge on any atom is 0.152 e. The van der Waals surface area contributed by atoms with Crippen molar-refractivity contribution >= 4 is 15.7 Å². The monoisotopic (exact) mass is 311 g/mol. The second kappa shape index (κ2) is 4.03. The summed E-state index contributed by atoms with van der Waals surface area (Å²) in [4.78, 5) is 0. The van der Waals surface area contributed by atoms with E-state index in [0.717, 1.165) is 11.3 Å². The first-order valence-corrected chi connectivity index (χ1v) is 9.36. The zero-order chi connectivity index (χ0) is 15.8. The van der Waals surface area contributed by atoms with Crippen LogP contribution in [0.3, 0.4) is 0 Å². The fourth-order valence-electron chi connectivity index (χ4n) is 3.95. The van der Waals surface area contributed by atoms with Gasteiger partial charge in [-0.05, 0) is 24.2 Å². The van der Waals surface area contributed by atoms with Crippen LogP contribution in [0.1, 0.15) is 57.3 Å².